The number of carbonyl (C=O) groups excluding carboxylic acids is 2. The van der Waals surface area contributed by atoms with Gasteiger partial charge in [-0.1, -0.05) is 12.1 Å². The number of benzene rings is 1. The van der Waals surface area contributed by atoms with Gasteiger partial charge in [-0.15, -0.1) is 0 Å². The maximum atomic E-state index is 12.3. The molecule has 1 fully saturated rings. The van der Waals surface area contributed by atoms with Crippen molar-refractivity contribution >= 4 is 23.2 Å². The quantitative estimate of drug-likeness (QED) is 0.678. The lowest BCUT2D eigenvalue weighted by Gasteiger charge is -2.28. The van der Waals surface area contributed by atoms with Crippen LogP contribution in [0.1, 0.15) is 41.2 Å². The van der Waals surface area contributed by atoms with E-state index in [0.29, 0.717) is 18.7 Å². The van der Waals surface area contributed by atoms with Crippen molar-refractivity contribution < 1.29 is 14.3 Å². The van der Waals surface area contributed by atoms with Crippen LogP contribution in [0, 0.1) is 0 Å². The van der Waals surface area contributed by atoms with Crippen LogP contribution in [-0.2, 0) is 4.79 Å². The lowest BCUT2D eigenvalue weighted by atomic mass is 10.0. The molecule has 1 atom stereocenters. The van der Waals surface area contributed by atoms with Gasteiger partial charge in [0, 0.05) is 30.5 Å². The van der Waals surface area contributed by atoms with Gasteiger partial charge in [0.25, 0.3) is 5.91 Å². The molecule has 2 N–H and O–H groups in total. The average molecular weight is 402 g/mol. The Balaban J connectivity index is 1.51. The molecule has 2 heterocycles. The lowest BCUT2D eigenvalue weighted by molar-refractivity contribution is -0.121. The van der Waals surface area contributed by atoms with E-state index in [0.717, 1.165) is 24.4 Å². The van der Waals surface area contributed by atoms with Crippen LogP contribution in [0.5, 0.6) is 5.75 Å². The molecule has 1 aromatic carbocycles. The molecule has 1 aliphatic rings. The van der Waals surface area contributed by atoms with Crippen molar-refractivity contribution in [1.82, 2.24) is 15.5 Å². The number of carbonyl (C=O) groups is 2. The maximum absolute atomic E-state index is 12.3. The molecule has 150 valence electrons. The first-order valence-electron chi connectivity index (χ1n) is 9.62. The summed E-state index contributed by atoms with van der Waals surface area (Å²) in [5, 5.41) is 9.47. The highest BCUT2D eigenvalue weighted by molar-refractivity contribution is 7.08. The van der Waals surface area contributed by atoms with Gasteiger partial charge in [-0.3, -0.25) is 14.5 Å². The molecule has 6 nitrogen and oxygen atoms in total. The second-order valence-corrected chi connectivity index (χ2v) is 7.64. The molecule has 0 spiro atoms. The molecule has 1 aliphatic heterocycles. The number of rotatable bonds is 9. The molecule has 1 saturated heterocycles. The van der Waals surface area contributed by atoms with Gasteiger partial charge in [-0.05, 0) is 55.1 Å². The van der Waals surface area contributed by atoms with Gasteiger partial charge in [-0.25, -0.2) is 0 Å². The van der Waals surface area contributed by atoms with Gasteiger partial charge in [0.15, 0.2) is 0 Å². The monoisotopic (exact) mass is 401 g/mol. The largest absolute Gasteiger partial charge is 0.497 e. The maximum Gasteiger partial charge on any atom is 0.252 e. The minimum atomic E-state index is -0.139. The molecule has 0 aliphatic carbocycles. The molecule has 0 bridgehead atoms. The predicted molar refractivity (Wildman–Crippen MR) is 111 cm³/mol. The van der Waals surface area contributed by atoms with E-state index in [2.05, 4.69) is 21.6 Å². The SMILES string of the molecule is COc1cccc(C(CNC(=O)CCNC(=O)c2ccsc2)N2CCCC2)c1. The number of likely N-dealkylation sites (tertiary alicyclic amines) is 1. The van der Waals surface area contributed by atoms with Gasteiger partial charge in [0.2, 0.25) is 5.91 Å². The van der Waals surface area contributed by atoms with Crippen LogP contribution < -0.4 is 15.4 Å². The van der Waals surface area contributed by atoms with Gasteiger partial charge in [0.05, 0.1) is 13.2 Å². The number of nitrogens with one attached hydrogen (secondary N) is 2. The number of amides is 2. The summed E-state index contributed by atoms with van der Waals surface area (Å²) in [5.41, 5.74) is 1.78. The summed E-state index contributed by atoms with van der Waals surface area (Å²) in [4.78, 5) is 26.6. The fraction of sp³-hybridized carbons (Fsp3) is 0.429. The molecule has 3 rings (SSSR count). The summed E-state index contributed by atoms with van der Waals surface area (Å²) in [6, 6.07) is 9.93. The average Bonchev–Trinajstić information content (AvgIpc) is 3.42. The number of ether oxygens (including phenoxy) is 1. The molecular formula is C21H27N3O3S. The molecule has 0 radical (unpaired) electrons. The van der Waals surface area contributed by atoms with Crippen LogP contribution in [0.15, 0.2) is 41.1 Å². The zero-order valence-corrected chi connectivity index (χ0v) is 17.0. The number of hydrogen-bond donors (Lipinski definition) is 2. The van der Waals surface area contributed by atoms with Gasteiger partial charge >= 0.3 is 0 Å². The Kier molecular flexibility index (Phi) is 7.45. The Labute approximate surface area is 169 Å². The highest BCUT2D eigenvalue weighted by atomic mass is 32.1. The molecule has 0 saturated carbocycles. The van der Waals surface area contributed by atoms with Crippen LogP contribution in [0.2, 0.25) is 0 Å². The molecule has 2 aromatic rings. The zero-order valence-electron chi connectivity index (χ0n) is 16.1. The van der Waals surface area contributed by atoms with Crippen LogP contribution >= 0.6 is 11.3 Å². The molecule has 1 aromatic heterocycles. The minimum absolute atomic E-state index is 0.0577. The first kappa shape index (κ1) is 20.4. The summed E-state index contributed by atoms with van der Waals surface area (Å²) in [6.07, 6.45) is 2.63. The Morgan fingerprint density at radius 3 is 2.75 bits per heavy atom. The predicted octanol–water partition coefficient (Wildman–Crippen LogP) is 2.83. The van der Waals surface area contributed by atoms with Crippen LogP contribution in [-0.4, -0.2) is 50.0 Å². The van der Waals surface area contributed by atoms with Crippen LogP contribution in [0.3, 0.4) is 0 Å². The van der Waals surface area contributed by atoms with E-state index in [1.54, 1.807) is 18.6 Å². The first-order chi connectivity index (χ1) is 13.7. The normalized spacial score (nSPS) is 15.2. The fourth-order valence-corrected chi connectivity index (χ4v) is 4.08. The van der Waals surface area contributed by atoms with Gasteiger partial charge < -0.3 is 15.4 Å². The second-order valence-electron chi connectivity index (χ2n) is 6.86. The molecule has 7 heteroatoms. The van der Waals surface area contributed by atoms with Gasteiger partial charge in [-0.2, -0.15) is 11.3 Å². The van der Waals surface area contributed by atoms with Crippen LogP contribution in [0.25, 0.3) is 0 Å². The number of hydrogen-bond acceptors (Lipinski definition) is 5. The van der Waals surface area contributed by atoms with E-state index in [1.807, 2.05) is 23.6 Å². The second kappa shape index (κ2) is 10.2. The summed E-state index contributed by atoms with van der Waals surface area (Å²) in [7, 11) is 1.66. The van der Waals surface area contributed by atoms with Crippen molar-refractivity contribution in [2.45, 2.75) is 25.3 Å². The Hall–Kier alpha value is -2.38. The summed E-state index contributed by atoms with van der Waals surface area (Å²) in [5.74, 6) is 0.627. The smallest absolute Gasteiger partial charge is 0.252 e. The van der Waals surface area contributed by atoms with E-state index in [-0.39, 0.29) is 24.3 Å². The molecular weight excluding hydrogens is 374 g/mol. The van der Waals surface area contributed by atoms with Crippen molar-refractivity contribution in [3.8, 4) is 5.75 Å². The van der Waals surface area contributed by atoms with E-state index in [4.69, 9.17) is 4.74 Å². The highest BCUT2D eigenvalue weighted by Crippen LogP contribution is 2.27. The number of thiophene rings is 1. The van der Waals surface area contributed by atoms with Gasteiger partial charge in [0.1, 0.15) is 5.75 Å². The lowest BCUT2D eigenvalue weighted by Crippen LogP contribution is -2.38. The topological polar surface area (TPSA) is 70.7 Å². The van der Waals surface area contributed by atoms with Crippen molar-refractivity contribution in [2.75, 3.05) is 33.3 Å². The van der Waals surface area contributed by atoms with E-state index < -0.39 is 0 Å². The highest BCUT2D eigenvalue weighted by Gasteiger charge is 2.24. The van der Waals surface area contributed by atoms with Crippen molar-refractivity contribution in [3.05, 3.63) is 52.2 Å². The van der Waals surface area contributed by atoms with E-state index in [9.17, 15) is 9.59 Å². The van der Waals surface area contributed by atoms with E-state index >= 15 is 0 Å². The number of methoxy groups -OCH3 is 1. The Morgan fingerprint density at radius 1 is 1.21 bits per heavy atom. The Bertz CT molecular complexity index is 773. The fourth-order valence-electron chi connectivity index (χ4n) is 3.44. The summed E-state index contributed by atoms with van der Waals surface area (Å²) >= 11 is 1.48. The third-order valence-electron chi connectivity index (χ3n) is 4.97. The summed E-state index contributed by atoms with van der Waals surface area (Å²) < 4.78 is 5.35. The number of nitrogens with zero attached hydrogens (tertiary/aromatic N) is 1. The van der Waals surface area contributed by atoms with E-state index in [1.165, 1.54) is 24.2 Å². The minimum Gasteiger partial charge on any atom is -0.497 e. The first-order valence-corrected chi connectivity index (χ1v) is 10.6. The standard InChI is InChI=1S/C21H27N3O3S/c1-27-18-6-4-5-16(13-18)19(24-10-2-3-11-24)14-23-20(25)7-9-22-21(26)17-8-12-28-15-17/h4-6,8,12-13,15,19H,2-3,7,9-11,14H2,1H3,(H,22,26)(H,23,25). The van der Waals surface area contributed by atoms with Crippen molar-refractivity contribution in [3.63, 3.8) is 0 Å². The van der Waals surface area contributed by atoms with Crippen LogP contribution in [0.4, 0.5) is 0 Å². The van der Waals surface area contributed by atoms with Crippen molar-refractivity contribution in [2.24, 2.45) is 0 Å². The third kappa shape index (κ3) is 5.56. The molecule has 28 heavy (non-hydrogen) atoms. The Morgan fingerprint density at radius 2 is 2.04 bits per heavy atom. The molecule has 2 amide bonds. The summed E-state index contributed by atoms with van der Waals surface area (Å²) in [6.45, 7) is 2.95. The third-order valence-corrected chi connectivity index (χ3v) is 5.66. The zero-order chi connectivity index (χ0) is 19.8. The van der Waals surface area contributed by atoms with Crippen molar-refractivity contribution in [1.29, 1.82) is 0 Å². The molecule has 1 unspecified atom stereocenters.